The zero-order chi connectivity index (χ0) is 23.8. The Bertz CT molecular complexity index is 816. The molecule has 1 unspecified atom stereocenters. The van der Waals surface area contributed by atoms with Crippen molar-refractivity contribution < 1.29 is 36.4 Å². The van der Waals surface area contributed by atoms with Crippen molar-refractivity contribution in [2.75, 3.05) is 27.4 Å². The minimum absolute atomic E-state index is 0. The summed E-state index contributed by atoms with van der Waals surface area (Å²) < 4.78 is 13.3. The van der Waals surface area contributed by atoms with Crippen molar-refractivity contribution in [1.29, 1.82) is 0 Å². The van der Waals surface area contributed by atoms with Crippen LogP contribution in [0.5, 0.6) is 5.75 Å². The Morgan fingerprint density at radius 1 is 0.818 bits per heavy atom. The Kier molecular flexibility index (Phi) is 11.9. The van der Waals surface area contributed by atoms with Gasteiger partial charge in [-0.15, -0.1) is 0 Å². The summed E-state index contributed by atoms with van der Waals surface area (Å²) in [4.78, 5) is 11.8. The van der Waals surface area contributed by atoms with Gasteiger partial charge in [-0.3, -0.25) is 4.74 Å². The fraction of sp³-hybridized carbons (Fsp3) is 0.556. The fourth-order valence-electron chi connectivity index (χ4n) is 4.35. The summed E-state index contributed by atoms with van der Waals surface area (Å²) in [6.45, 7) is 13.9. The standard InChI is InChI=1S/C27H42NO4.ClH/c1-9-28(29-7,30-8)27(31-10-2,32-24-16-12-11-13-17-24)26-18-14-15-23(19-21(3)4)25(26)20-22(5)6;/h11-18,21-22H,9-10,19-20H2,1-8H3;1H/q+1;/p-1. The molecule has 0 saturated carbocycles. The van der Waals surface area contributed by atoms with Crippen LogP contribution in [0.2, 0.25) is 0 Å². The first-order chi connectivity index (χ1) is 15.3. The maximum Gasteiger partial charge on any atom is 0.452 e. The molecule has 0 aliphatic carbocycles. The number of nitrogens with zero attached hydrogens (tertiary/aromatic N) is 1. The SMILES string of the molecule is CCOC(Oc1ccccc1)(c1cccc(CC(C)C)c1CC(C)C)[N+](CC)(OC)OC.[Cl-]. The summed E-state index contributed by atoms with van der Waals surface area (Å²) in [5.41, 5.74) is 3.50. The predicted octanol–water partition coefficient (Wildman–Crippen LogP) is 3.27. The Balaban J connectivity index is 0.00000544. The van der Waals surface area contributed by atoms with Crippen molar-refractivity contribution >= 4 is 0 Å². The van der Waals surface area contributed by atoms with Gasteiger partial charge in [-0.25, -0.2) is 0 Å². The highest BCUT2D eigenvalue weighted by molar-refractivity contribution is 5.39. The summed E-state index contributed by atoms with van der Waals surface area (Å²) in [7, 11) is 3.27. The molecular formula is C27H42ClNO4. The van der Waals surface area contributed by atoms with Crippen LogP contribution in [0, 0.1) is 11.8 Å². The molecule has 33 heavy (non-hydrogen) atoms. The van der Waals surface area contributed by atoms with Crippen LogP contribution in [0.15, 0.2) is 48.5 Å². The molecule has 0 fully saturated rings. The fourth-order valence-corrected chi connectivity index (χ4v) is 4.35. The summed E-state index contributed by atoms with van der Waals surface area (Å²) in [6, 6.07) is 16.2. The monoisotopic (exact) mass is 479 g/mol. The second kappa shape index (κ2) is 13.3. The first-order valence-electron chi connectivity index (χ1n) is 11.8. The molecule has 0 aromatic heterocycles. The molecule has 0 N–H and O–H groups in total. The molecule has 0 spiro atoms. The van der Waals surface area contributed by atoms with E-state index in [1.807, 2.05) is 44.2 Å². The highest BCUT2D eigenvalue weighted by Gasteiger charge is 2.62. The molecule has 0 aliphatic heterocycles. The zero-order valence-electron chi connectivity index (χ0n) is 21.6. The maximum absolute atomic E-state index is 6.75. The maximum atomic E-state index is 6.75. The molecule has 0 aliphatic rings. The number of rotatable bonds is 13. The lowest BCUT2D eigenvalue weighted by molar-refractivity contribution is -1.30. The van der Waals surface area contributed by atoms with Gasteiger partial charge in [0.15, 0.2) is 0 Å². The number of benzene rings is 2. The lowest BCUT2D eigenvalue weighted by atomic mass is 9.87. The summed E-state index contributed by atoms with van der Waals surface area (Å²) in [5, 5.41) is 0. The van der Waals surface area contributed by atoms with E-state index in [1.165, 1.54) is 11.1 Å². The van der Waals surface area contributed by atoms with Crippen LogP contribution in [0.3, 0.4) is 0 Å². The van der Waals surface area contributed by atoms with Crippen molar-refractivity contribution in [3.8, 4) is 5.75 Å². The van der Waals surface area contributed by atoms with Crippen molar-refractivity contribution in [3.05, 3.63) is 65.2 Å². The van der Waals surface area contributed by atoms with Gasteiger partial charge in [0, 0.05) is 4.81 Å². The number of hydroxylamine groups is 4. The molecule has 0 amide bonds. The quantitative estimate of drug-likeness (QED) is 0.251. The van der Waals surface area contributed by atoms with E-state index in [0.717, 1.165) is 18.4 Å². The predicted molar refractivity (Wildman–Crippen MR) is 129 cm³/mol. The van der Waals surface area contributed by atoms with E-state index in [2.05, 4.69) is 45.9 Å². The molecule has 186 valence electrons. The van der Waals surface area contributed by atoms with Gasteiger partial charge < -0.3 is 17.1 Å². The Hall–Kier alpha value is -1.63. The molecule has 0 saturated heterocycles. The molecule has 2 aromatic carbocycles. The van der Waals surface area contributed by atoms with Crippen molar-refractivity contribution in [2.45, 2.75) is 60.3 Å². The van der Waals surface area contributed by atoms with E-state index in [0.29, 0.717) is 30.7 Å². The highest BCUT2D eigenvalue weighted by atomic mass is 35.5. The lowest BCUT2D eigenvalue weighted by Crippen LogP contribution is -3.00. The van der Waals surface area contributed by atoms with Crippen LogP contribution in [0.25, 0.3) is 0 Å². The van der Waals surface area contributed by atoms with Crippen molar-refractivity contribution in [3.63, 3.8) is 0 Å². The van der Waals surface area contributed by atoms with Gasteiger partial charge in [0.25, 0.3) is 0 Å². The Labute approximate surface area is 206 Å². The van der Waals surface area contributed by atoms with E-state index < -0.39 is 5.91 Å². The minimum Gasteiger partial charge on any atom is -1.00 e. The third-order valence-electron chi connectivity index (χ3n) is 5.65. The molecule has 5 nitrogen and oxygen atoms in total. The van der Waals surface area contributed by atoms with Gasteiger partial charge >= 0.3 is 5.91 Å². The van der Waals surface area contributed by atoms with Gasteiger partial charge in [0.05, 0.1) is 26.4 Å². The zero-order valence-corrected chi connectivity index (χ0v) is 22.3. The van der Waals surface area contributed by atoms with E-state index in [1.54, 1.807) is 14.2 Å². The third kappa shape index (κ3) is 6.49. The summed E-state index contributed by atoms with van der Waals surface area (Å²) in [6.07, 6.45) is 1.89. The Morgan fingerprint density at radius 3 is 1.91 bits per heavy atom. The van der Waals surface area contributed by atoms with Gasteiger partial charge in [-0.2, -0.15) is 9.68 Å². The first kappa shape index (κ1) is 29.4. The van der Waals surface area contributed by atoms with Crippen LogP contribution < -0.4 is 17.1 Å². The molecule has 0 bridgehead atoms. The molecule has 6 heteroatoms. The molecule has 2 rings (SSSR count). The van der Waals surface area contributed by atoms with Gasteiger partial charge in [-0.1, -0.05) is 58.0 Å². The molecule has 2 aromatic rings. The summed E-state index contributed by atoms with van der Waals surface area (Å²) in [5.74, 6) is 0.344. The average molecular weight is 480 g/mol. The van der Waals surface area contributed by atoms with Crippen LogP contribution in [0.1, 0.15) is 58.2 Å². The summed E-state index contributed by atoms with van der Waals surface area (Å²) >= 11 is 0. The Morgan fingerprint density at radius 2 is 1.42 bits per heavy atom. The smallest absolute Gasteiger partial charge is 0.452 e. The molecule has 1 atom stereocenters. The van der Waals surface area contributed by atoms with Crippen molar-refractivity contribution in [1.82, 2.24) is 0 Å². The lowest BCUT2D eigenvalue weighted by Gasteiger charge is -2.44. The average Bonchev–Trinajstić information content (AvgIpc) is 2.76. The third-order valence-corrected chi connectivity index (χ3v) is 5.65. The number of hydrogen-bond acceptors (Lipinski definition) is 4. The number of ether oxygens (including phenoxy) is 2. The second-order valence-electron chi connectivity index (χ2n) is 8.92. The molecule has 0 heterocycles. The normalized spacial score (nSPS) is 13.6. The first-order valence-corrected chi connectivity index (χ1v) is 11.8. The van der Waals surface area contributed by atoms with Crippen molar-refractivity contribution in [2.24, 2.45) is 11.8 Å². The van der Waals surface area contributed by atoms with E-state index in [-0.39, 0.29) is 17.2 Å². The topological polar surface area (TPSA) is 36.9 Å². The van der Waals surface area contributed by atoms with Crippen LogP contribution in [-0.2, 0) is 33.2 Å². The highest BCUT2D eigenvalue weighted by Crippen LogP contribution is 2.43. The van der Waals surface area contributed by atoms with E-state index in [4.69, 9.17) is 19.1 Å². The van der Waals surface area contributed by atoms with Gasteiger partial charge in [0.2, 0.25) is 0 Å². The van der Waals surface area contributed by atoms with Crippen LogP contribution in [0.4, 0.5) is 0 Å². The number of quaternary nitrogens is 1. The van der Waals surface area contributed by atoms with E-state index >= 15 is 0 Å². The van der Waals surface area contributed by atoms with Crippen LogP contribution >= 0.6 is 0 Å². The van der Waals surface area contributed by atoms with Gasteiger partial charge in [0.1, 0.15) is 12.3 Å². The minimum atomic E-state index is -1.34. The van der Waals surface area contributed by atoms with E-state index in [9.17, 15) is 0 Å². The number of para-hydroxylation sites is 1. The number of hydrogen-bond donors (Lipinski definition) is 0. The molecular weight excluding hydrogens is 438 g/mol. The largest absolute Gasteiger partial charge is 1.00 e. The van der Waals surface area contributed by atoms with Crippen LogP contribution in [-0.4, -0.2) is 32.2 Å². The van der Waals surface area contributed by atoms with Gasteiger partial charge in [-0.05, 0) is 67.9 Å². The number of halogens is 1. The second-order valence-corrected chi connectivity index (χ2v) is 8.92. The molecule has 0 radical (unpaired) electrons.